The van der Waals surface area contributed by atoms with Crippen LogP contribution in [0.15, 0.2) is 84.9 Å². The van der Waals surface area contributed by atoms with Gasteiger partial charge in [0.15, 0.2) is 0 Å². The molecule has 2 aliphatic rings. The number of ether oxygens (including phenoxy) is 6. The lowest BCUT2D eigenvalue weighted by atomic mass is 9.86. The van der Waals surface area contributed by atoms with Gasteiger partial charge in [-0.15, -0.1) is 0 Å². The van der Waals surface area contributed by atoms with Gasteiger partial charge in [0.05, 0.1) is 36.6 Å². The monoisotopic (exact) mass is 757 g/mol. The number of para-hydroxylation sites is 1. The quantitative estimate of drug-likeness (QED) is 0.0903. The minimum Gasteiger partial charge on any atom is -0.493 e. The topological polar surface area (TPSA) is 95.2 Å². The number of fused-ring (bicyclic) bond motifs is 3. The first-order chi connectivity index (χ1) is 27.5. The molecule has 4 heterocycles. The van der Waals surface area contributed by atoms with Crippen LogP contribution in [0.3, 0.4) is 0 Å². The number of benzene rings is 4. The van der Waals surface area contributed by atoms with Gasteiger partial charge < -0.3 is 33.0 Å². The molecule has 0 bridgehead atoms. The summed E-state index contributed by atoms with van der Waals surface area (Å²) >= 11 is 0. The number of rotatable bonds is 12. The average molecular weight is 758 g/mol. The Kier molecular flexibility index (Phi) is 11.4. The van der Waals surface area contributed by atoms with Crippen LogP contribution in [0.25, 0.3) is 32.8 Å². The lowest BCUT2D eigenvalue weighted by Gasteiger charge is -2.36. The lowest BCUT2D eigenvalue weighted by molar-refractivity contribution is -0.0948. The minimum absolute atomic E-state index is 0.256. The number of carbonyl (C=O) groups is 1. The van der Waals surface area contributed by atoms with Crippen LogP contribution < -0.4 is 9.47 Å². The van der Waals surface area contributed by atoms with Crippen molar-refractivity contribution in [1.29, 1.82) is 0 Å². The Labute approximate surface area is 328 Å². The third-order valence-electron chi connectivity index (χ3n) is 11.3. The van der Waals surface area contributed by atoms with E-state index >= 15 is 0 Å². The van der Waals surface area contributed by atoms with Crippen molar-refractivity contribution in [3.8, 4) is 22.6 Å². The van der Waals surface area contributed by atoms with Crippen LogP contribution in [0.2, 0.25) is 0 Å². The average Bonchev–Trinajstić information content (AvgIpc) is 3.72. The second-order valence-corrected chi connectivity index (χ2v) is 14.6. The van der Waals surface area contributed by atoms with Crippen LogP contribution in [0.5, 0.6) is 11.5 Å². The van der Waals surface area contributed by atoms with Crippen molar-refractivity contribution in [3.05, 3.63) is 113 Å². The summed E-state index contributed by atoms with van der Waals surface area (Å²) in [6, 6.07) is 29.0. The van der Waals surface area contributed by atoms with E-state index in [1.165, 1.54) is 0 Å². The van der Waals surface area contributed by atoms with Gasteiger partial charge in [0.1, 0.15) is 29.5 Å². The maximum Gasteiger partial charge on any atom is 0.355 e. The Bertz CT molecular complexity index is 2300. The van der Waals surface area contributed by atoms with Crippen LogP contribution in [-0.4, -0.2) is 60.5 Å². The van der Waals surface area contributed by atoms with Gasteiger partial charge in [-0.2, -0.15) is 5.10 Å². The van der Waals surface area contributed by atoms with Crippen LogP contribution in [0, 0.1) is 0 Å². The van der Waals surface area contributed by atoms with Crippen molar-refractivity contribution in [2.75, 3.05) is 40.1 Å². The van der Waals surface area contributed by atoms with E-state index in [-0.39, 0.29) is 18.2 Å². The zero-order valence-corrected chi connectivity index (χ0v) is 32.7. The maximum absolute atomic E-state index is 14.0. The smallest absolute Gasteiger partial charge is 0.355 e. The number of nitrogens with zero attached hydrogens (tertiary/aromatic N) is 3. The first kappa shape index (κ1) is 37.7. The summed E-state index contributed by atoms with van der Waals surface area (Å²) in [5.74, 6) is 1.31. The maximum atomic E-state index is 14.0. The molecular weight excluding hydrogens is 707 g/mol. The standard InChI is InChI=1S/C46H51N3O7/c1-4-54-45(50)44-37(17-11-27-55-41-18-9-13-32-12-5-6-14-35(32)41)36-15-10-16-38-42-39(47-48(2)40(42)31-53-26-8-7-25-49(44)43(36)38)30-56-34-21-19-33(20-22-34)46(51-3)23-28-52-29-24-46/h5-6,9-10,12-16,18-22H,4,7-8,11,17,23-31H2,1-3H3. The molecule has 56 heavy (non-hydrogen) atoms. The predicted molar refractivity (Wildman–Crippen MR) is 216 cm³/mol. The van der Waals surface area contributed by atoms with Crippen LogP contribution in [-0.2, 0) is 57.8 Å². The van der Waals surface area contributed by atoms with Crippen molar-refractivity contribution in [3.63, 3.8) is 0 Å². The molecule has 8 rings (SSSR count). The zero-order valence-electron chi connectivity index (χ0n) is 32.7. The molecule has 1 saturated heterocycles. The highest BCUT2D eigenvalue weighted by Gasteiger charge is 2.34. The molecule has 2 aromatic heterocycles. The lowest BCUT2D eigenvalue weighted by Crippen LogP contribution is -2.35. The number of carbonyl (C=O) groups excluding carboxylic acids is 1. The summed E-state index contributed by atoms with van der Waals surface area (Å²) in [5.41, 5.74) is 7.11. The first-order valence-corrected chi connectivity index (χ1v) is 19.9. The summed E-state index contributed by atoms with van der Waals surface area (Å²) in [4.78, 5) is 14.0. The van der Waals surface area contributed by atoms with Crippen molar-refractivity contribution in [1.82, 2.24) is 14.3 Å². The minimum atomic E-state index is -0.345. The number of aryl methyl sites for hydroxylation is 3. The van der Waals surface area contributed by atoms with Gasteiger partial charge >= 0.3 is 5.97 Å². The van der Waals surface area contributed by atoms with Crippen molar-refractivity contribution < 1.29 is 33.2 Å². The van der Waals surface area contributed by atoms with Gasteiger partial charge in [0.25, 0.3) is 0 Å². The number of hydrogen-bond donors (Lipinski definition) is 0. The molecule has 4 aromatic carbocycles. The molecule has 1 fully saturated rings. The van der Waals surface area contributed by atoms with Crippen LogP contribution in [0.4, 0.5) is 0 Å². The van der Waals surface area contributed by atoms with Crippen LogP contribution >= 0.6 is 0 Å². The first-order valence-electron chi connectivity index (χ1n) is 19.9. The molecule has 6 aromatic rings. The highest BCUT2D eigenvalue weighted by molar-refractivity contribution is 6.05. The molecule has 0 aliphatic carbocycles. The molecule has 0 N–H and O–H groups in total. The van der Waals surface area contributed by atoms with Crippen molar-refractivity contribution in [2.45, 2.75) is 70.8 Å². The molecular formula is C46H51N3O7. The van der Waals surface area contributed by atoms with Crippen molar-refractivity contribution >= 4 is 27.6 Å². The molecule has 0 unspecified atom stereocenters. The fourth-order valence-electron chi connectivity index (χ4n) is 8.50. The third kappa shape index (κ3) is 7.41. The molecule has 292 valence electrons. The molecule has 10 heteroatoms. The van der Waals surface area contributed by atoms with Gasteiger partial charge in [0.2, 0.25) is 0 Å². The summed E-state index contributed by atoms with van der Waals surface area (Å²) in [7, 11) is 3.74. The zero-order chi connectivity index (χ0) is 38.5. The predicted octanol–water partition coefficient (Wildman–Crippen LogP) is 8.92. The summed E-state index contributed by atoms with van der Waals surface area (Å²) < 4.78 is 40.6. The van der Waals surface area contributed by atoms with Gasteiger partial charge in [-0.3, -0.25) is 4.68 Å². The Morgan fingerprint density at radius 3 is 2.48 bits per heavy atom. The molecule has 10 nitrogen and oxygen atoms in total. The van der Waals surface area contributed by atoms with E-state index < -0.39 is 0 Å². The second-order valence-electron chi connectivity index (χ2n) is 14.6. The van der Waals surface area contributed by atoms with Gasteiger partial charge in [0, 0.05) is 75.3 Å². The highest BCUT2D eigenvalue weighted by atomic mass is 16.5. The number of methoxy groups -OCH3 is 1. The molecule has 0 atom stereocenters. The van der Waals surface area contributed by atoms with E-state index in [0.717, 1.165) is 98.9 Å². The fraction of sp³-hybridized carbons (Fsp3) is 0.391. The Morgan fingerprint density at radius 2 is 1.66 bits per heavy atom. The van der Waals surface area contributed by atoms with E-state index in [4.69, 9.17) is 33.5 Å². The molecule has 0 saturated carbocycles. The van der Waals surface area contributed by atoms with E-state index in [2.05, 4.69) is 53.1 Å². The van der Waals surface area contributed by atoms with E-state index in [1.54, 1.807) is 7.11 Å². The summed E-state index contributed by atoms with van der Waals surface area (Å²) in [6.07, 6.45) is 4.72. The third-order valence-corrected chi connectivity index (χ3v) is 11.3. The van der Waals surface area contributed by atoms with Gasteiger partial charge in [-0.25, -0.2) is 4.79 Å². The van der Waals surface area contributed by atoms with Crippen molar-refractivity contribution in [2.24, 2.45) is 7.05 Å². The number of aromatic nitrogens is 3. The summed E-state index contributed by atoms with van der Waals surface area (Å²) in [5, 5.41) is 8.29. The number of hydrogen-bond acceptors (Lipinski definition) is 8. The fourth-order valence-corrected chi connectivity index (χ4v) is 8.50. The SMILES string of the molecule is CCOC(=O)c1c(CCCOc2cccc3ccccc23)c2cccc3c2n1CCCCOCc1c-3c(COc2ccc(C3(OC)CCOCC3)cc2)nn1C. The molecule has 2 aliphatic heterocycles. The van der Waals surface area contributed by atoms with Gasteiger partial charge in [-0.05, 0) is 67.3 Å². The summed E-state index contributed by atoms with van der Waals surface area (Å²) in [6.45, 7) is 5.95. The van der Waals surface area contributed by atoms with E-state index in [9.17, 15) is 4.79 Å². The number of esters is 1. The Hall–Kier alpha value is -5.16. The highest BCUT2D eigenvalue weighted by Crippen LogP contribution is 2.40. The largest absolute Gasteiger partial charge is 0.493 e. The molecule has 0 spiro atoms. The van der Waals surface area contributed by atoms with E-state index in [0.29, 0.717) is 58.3 Å². The Balaban J connectivity index is 1.14. The van der Waals surface area contributed by atoms with Crippen LogP contribution in [0.1, 0.15) is 72.0 Å². The van der Waals surface area contributed by atoms with Gasteiger partial charge in [-0.1, -0.05) is 66.7 Å². The second kappa shape index (κ2) is 16.9. The molecule has 0 amide bonds. The molecule has 0 radical (unpaired) electrons. The Morgan fingerprint density at radius 1 is 0.875 bits per heavy atom. The van der Waals surface area contributed by atoms with E-state index in [1.807, 2.05) is 55.1 Å². The normalized spacial score (nSPS) is 15.6.